The quantitative estimate of drug-likeness (QED) is 0.897. The number of carboxylic acids is 1. The number of carboxylic acid groups (broad SMARTS) is 1. The monoisotopic (exact) mass is 260 g/mol. The van der Waals surface area contributed by atoms with Gasteiger partial charge in [-0.25, -0.2) is 14.4 Å². The first-order valence-corrected chi connectivity index (χ1v) is 5.95. The zero-order chi connectivity index (χ0) is 13.7. The molecule has 1 heterocycles. The van der Waals surface area contributed by atoms with E-state index in [-0.39, 0.29) is 12.2 Å². The summed E-state index contributed by atoms with van der Waals surface area (Å²) in [5, 5.41) is 8.57. The first-order valence-electron chi connectivity index (χ1n) is 5.95. The van der Waals surface area contributed by atoms with E-state index < -0.39 is 5.97 Å². The Labute approximate surface area is 110 Å². The topological polar surface area (TPSA) is 63.1 Å². The van der Waals surface area contributed by atoms with Crippen molar-refractivity contribution in [1.29, 1.82) is 0 Å². The Morgan fingerprint density at radius 1 is 1.21 bits per heavy atom. The zero-order valence-corrected chi connectivity index (χ0v) is 10.2. The molecule has 2 aromatic rings. The molecule has 2 rings (SSSR count). The van der Waals surface area contributed by atoms with Gasteiger partial charge in [-0.15, -0.1) is 0 Å². The summed E-state index contributed by atoms with van der Waals surface area (Å²) < 4.78 is 12.8. The van der Waals surface area contributed by atoms with Gasteiger partial charge in [0.15, 0.2) is 0 Å². The normalized spacial score (nSPS) is 10.4. The number of carbonyl (C=O) groups is 1. The maximum atomic E-state index is 12.8. The molecule has 0 bridgehead atoms. The van der Waals surface area contributed by atoms with Crippen LogP contribution in [0.15, 0.2) is 36.5 Å². The standard InChI is InChI=1S/C14H13FN2O2/c15-11-6-4-10(5-7-11)12-8-9-16-13(17-12)2-1-3-14(18)19/h4-9H,1-3H2,(H,18,19). The fraction of sp³-hybridized carbons (Fsp3) is 0.214. The second-order valence-electron chi connectivity index (χ2n) is 4.11. The largest absolute Gasteiger partial charge is 0.481 e. The lowest BCUT2D eigenvalue weighted by Crippen LogP contribution is -2.00. The number of aryl methyl sites for hydroxylation is 1. The molecule has 0 aliphatic heterocycles. The van der Waals surface area contributed by atoms with E-state index in [0.717, 1.165) is 5.56 Å². The molecule has 0 aliphatic carbocycles. The van der Waals surface area contributed by atoms with Crippen molar-refractivity contribution in [2.24, 2.45) is 0 Å². The second-order valence-corrected chi connectivity index (χ2v) is 4.11. The van der Waals surface area contributed by atoms with Gasteiger partial charge in [0.2, 0.25) is 0 Å². The van der Waals surface area contributed by atoms with Gasteiger partial charge in [-0.1, -0.05) is 0 Å². The summed E-state index contributed by atoms with van der Waals surface area (Å²) in [5.74, 6) is -0.516. The predicted octanol–water partition coefficient (Wildman–Crippen LogP) is 2.69. The molecule has 0 saturated carbocycles. The second kappa shape index (κ2) is 6.04. The van der Waals surface area contributed by atoms with Gasteiger partial charge in [0.1, 0.15) is 11.6 Å². The van der Waals surface area contributed by atoms with Crippen molar-refractivity contribution in [3.8, 4) is 11.3 Å². The van der Waals surface area contributed by atoms with Crippen molar-refractivity contribution in [1.82, 2.24) is 9.97 Å². The molecule has 1 aromatic carbocycles. The molecule has 0 spiro atoms. The van der Waals surface area contributed by atoms with E-state index in [0.29, 0.717) is 24.4 Å². The Balaban J connectivity index is 2.10. The molecule has 19 heavy (non-hydrogen) atoms. The predicted molar refractivity (Wildman–Crippen MR) is 68.0 cm³/mol. The summed E-state index contributed by atoms with van der Waals surface area (Å²) in [7, 11) is 0. The highest BCUT2D eigenvalue weighted by molar-refractivity contribution is 5.66. The van der Waals surface area contributed by atoms with Gasteiger partial charge >= 0.3 is 5.97 Å². The maximum Gasteiger partial charge on any atom is 0.303 e. The molecule has 1 aromatic heterocycles. The van der Waals surface area contributed by atoms with E-state index in [1.165, 1.54) is 12.1 Å². The number of aliphatic carboxylic acids is 1. The van der Waals surface area contributed by atoms with Crippen molar-refractivity contribution < 1.29 is 14.3 Å². The van der Waals surface area contributed by atoms with Crippen molar-refractivity contribution in [3.63, 3.8) is 0 Å². The van der Waals surface area contributed by atoms with Gasteiger partial charge in [0, 0.05) is 24.6 Å². The van der Waals surface area contributed by atoms with Crippen LogP contribution in [0.5, 0.6) is 0 Å². The lowest BCUT2D eigenvalue weighted by Gasteiger charge is -2.03. The van der Waals surface area contributed by atoms with Crippen LogP contribution < -0.4 is 0 Å². The average Bonchev–Trinajstić information content (AvgIpc) is 2.39. The molecule has 1 N–H and O–H groups in total. The smallest absolute Gasteiger partial charge is 0.303 e. The lowest BCUT2D eigenvalue weighted by atomic mass is 10.1. The third kappa shape index (κ3) is 3.84. The summed E-state index contributed by atoms with van der Waals surface area (Å²) in [6, 6.07) is 7.80. The van der Waals surface area contributed by atoms with Gasteiger partial charge in [-0.2, -0.15) is 0 Å². The Morgan fingerprint density at radius 3 is 2.63 bits per heavy atom. The molecule has 98 valence electrons. The summed E-state index contributed by atoms with van der Waals surface area (Å²) in [5.41, 5.74) is 1.52. The van der Waals surface area contributed by atoms with Crippen LogP contribution in [0.4, 0.5) is 4.39 Å². The number of aromatic nitrogens is 2. The van der Waals surface area contributed by atoms with Gasteiger partial charge in [0.25, 0.3) is 0 Å². The number of benzene rings is 1. The van der Waals surface area contributed by atoms with Gasteiger partial charge in [-0.05, 0) is 36.8 Å². The maximum absolute atomic E-state index is 12.8. The summed E-state index contributed by atoms with van der Waals surface area (Å²) >= 11 is 0. The van der Waals surface area contributed by atoms with E-state index in [1.807, 2.05) is 0 Å². The molecule has 0 radical (unpaired) electrons. The first kappa shape index (κ1) is 13.1. The van der Waals surface area contributed by atoms with Crippen LogP contribution in [0.2, 0.25) is 0 Å². The molecule has 0 fully saturated rings. The van der Waals surface area contributed by atoms with Crippen molar-refractivity contribution >= 4 is 5.97 Å². The lowest BCUT2D eigenvalue weighted by molar-refractivity contribution is -0.137. The van der Waals surface area contributed by atoms with Crippen LogP contribution >= 0.6 is 0 Å². The number of hydrogen-bond acceptors (Lipinski definition) is 3. The van der Waals surface area contributed by atoms with E-state index >= 15 is 0 Å². The highest BCUT2D eigenvalue weighted by atomic mass is 19.1. The Hall–Kier alpha value is -2.30. The van der Waals surface area contributed by atoms with Crippen LogP contribution in [0.25, 0.3) is 11.3 Å². The third-order valence-corrected chi connectivity index (χ3v) is 2.64. The van der Waals surface area contributed by atoms with Gasteiger partial charge < -0.3 is 5.11 Å². The molecule has 0 aliphatic rings. The van der Waals surface area contributed by atoms with Crippen LogP contribution in [0, 0.1) is 5.82 Å². The molecular weight excluding hydrogens is 247 g/mol. The van der Waals surface area contributed by atoms with Crippen molar-refractivity contribution in [2.75, 3.05) is 0 Å². The molecule has 0 atom stereocenters. The first-order chi connectivity index (χ1) is 9.15. The van der Waals surface area contributed by atoms with Crippen LogP contribution in [-0.2, 0) is 11.2 Å². The van der Waals surface area contributed by atoms with Crippen LogP contribution in [0.3, 0.4) is 0 Å². The molecule has 0 saturated heterocycles. The zero-order valence-electron chi connectivity index (χ0n) is 10.2. The minimum absolute atomic E-state index is 0.101. The fourth-order valence-electron chi connectivity index (χ4n) is 1.70. The van der Waals surface area contributed by atoms with Gasteiger partial charge in [-0.3, -0.25) is 4.79 Å². The summed E-state index contributed by atoms with van der Waals surface area (Å²) in [4.78, 5) is 18.9. The Morgan fingerprint density at radius 2 is 1.95 bits per heavy atom. The molecule has 0 amide bonds. The van der Waals surface area contributed by atoms with Crippen LogP contribution in [0.1, 0.15) is 18.7 Å². The number of nitrogens with zero attached hydrogens (tertiary/aromatic N) is 2. The van der Waals surface area contributed by atoms with E-state index in [2.05, 4.69) is 9.97 Å². The van der Waals surface area contributed by atoms with Crippen LogP contribution in [-0.4, -0.2) is 21.0 Å². The number of halogens is 1. The van der Waals surface area contributed by atoms with Gasteiger partial charge in [0.05, 0.1) is 5.69 Å². The highest BCUT2D eigenvalue weighted by Gasteiger charge is 2.04. The molecule has 5 heteroatoms. The molecule has 4 nitrogen and oxygen atoms in total. The minimum atomic E-state index is -0.824. The van der Waals surface area contributed by atoms with Crippen molar-refractivity contribution in [3.05, 3.63) is 48.2 Å². The number of hydrogen-bond donors (Lipinski definition) is 1. The van der Waals surface area contributed by atoms with E-state index in [9.17, 15) is 9.18 Å². The SMILES string of the molecule is O=C(O)CCCc1nccc(-c2ccc(F)cc2)n1. The Kier molecular flexibility index (Phi) is 4.18. The number of rotatable bonds is 5. The third-order valence-electron chi connectivity index (χ3n) is 2.64. The highest BCUT2D eigenvalue weighted by Crippen LogP contribution is 2.17. The summed E-state index contributed by atoms with van der Waals surface area (Å²) in [6.07, 6.45) is 2.75. The summed E-state index contributed by atoms with van der Waals surface area (Å²) in [6.45, 7) is 0. The van der Waals surface area contributed by atoms with Crippen molar-refractivity contribution in [2.45, 2.75) is 19.3 Å². The minimum Gasteiger partial charge on any atom is -0.481 e. The van der Waals surface area contributed by atoms with E-state index in [4.69, 9.17) is 5.11 Å². The van der Waals surface area contributed by atoms with E-state index in [1.54, 1.807) is 24.4 Å². The Bertz CT molecular complexity index is 570. The fourth-order valence-corrected chi connectivity index (χ4v) is 1.70. The molecule has 0 unspecified atom stereocenters. The molecular formula is C14H13FN2O2. The average molecular weight is 260 g/mol.